The van der Waals surface area contributed by atoms with Gasteiger partial charge < -0.3 is 15.6 Å². The lowest BCUT2D eigenvalue weighted by molar-refractivity contribution is -0.119. The van der Waals surface area contributed by atoms with Crippen LogP contribution in [0.1, 0.15) is 18.2 Å². The minimum absolute atomic E-state index is 0.0793. The SMILES string of the molecule is CNc1cc(=O)c(CNC(C)=O)c(C)[nH]1. The maximum atomic E-state index is 11.6. The van der Waals surface area contributed by atoms with E-state index >= 15 is 0 Å². The summed E-state index contributed by atoms with van der Waals surface area (Å²) in [5.74, 6) is 0.524. The maximum absolute atomic E-state index is 11.6. The zero-order chi connectivity index (χ0) is 11.4. The molecule has 5 nitrogen and oxygen atoms in total. The summed E-state index contributed by atoms with van der Waals surface area (Å²) < 4.78 is 0. The molecule has 0 radical (unpaired) electrons. The molecule has 0 saturated heterocycles. The molecule has 1 aromatic rings. The molecule has 0 aliphatic heterocycles. The number of aryl methyl sites for hydroxylation is 1. The Morgan fingerprint density at radius 1 is 1.53 bits per heavy atom. The Hall–Kier alpha value is -1.78. The van der Waals surface area contributed by atoms with Crippen LogP contribution < -0.4 is 16.1 Å². The first-order valence-corrected chi connectivity index (χ1v) is 4.69. The van der Waals surface area contributed by atoms with Gasteiger partial charge in [-0.25, -0.2) is 0 Å². The fraction of sp³-hybridized carbons (Fsp3) is 0.400. The quantitative estimate of drug-likeness (QED) is 0.673. The largest absolute Gasteiger partial charge is 0.375 e. The molecule has 3 N–H and O–H groups in total. The Morgan fingerprint density at radius 2 is 2.20 bits per heavy atom. The Morgan fingerprint density at radius 3 is 2.67 bits per heavy atom. The summed E-state index contributed by atoms with van der Waals surface area (Å²) in [6.45, 7) is 3.49. The van der Waals surface area contributed by atoms with Gasteiger partial charge in [0.25, 0.3) is 0 Å². The third kappa shape index (κ3) is 2.83. The number of anilines is 1. The fourth-order valence-electron chi connectivity index (χ4n) is 1.28. The Labute approximate surface area is 87.9 Å². The van der Waals surface area contributed by atoms with Gasteiger partial charge in [-0.15, -0.1) is 0 Å². The van der Waals surface area contributed by atoms with Crippen molar-refractivity contribution in [3.63, 3.8) is 0 Å². The van der Waals surface area contributed by atoms with Gasteiger partial charge in [0.05, 0.1) is 0 Å². The average molecular weight is 209 g/mol. The number of carbonyl (C=O) groups is 1. The van der Waals surface area contributed by atoms with Crippen LogP contribution in [0.5, 0.6) is 0 Å². The number of carbonyl (C=O) groups excluding carboxylic acids is 1. The Kier molecular flexibility index (Phi) is 3.49. The molecule has 0 aliphatic rings. The first-order valence-electron chi connectivity index (χ1n) is 4.69. The lowest BCUT2D eigenvalue weighted by Crippen LogP contribution is -2.25. The molecule has 0 aromatic carbocycles. The predicted octanol–water partition coefficient (Wildman–Crippen LogP) is 0.361. The number of hydrogen-bond donors (Lipinski definition) is 3. The highest BCUT2D eigenvalue weighted by Crippen LogP contribution is 2.04. The first-order chi connectivity index (χ1) is 7.04. The summed E-state index contributed by atoms with van der Waals surface area (Å²) in [7, 11) is 1.73. The second-order valence-electron chi connectivity index (χ2n) is 3.31. The van der Waals surface area contributed by atoms with E-state index < -0.39 is 0 Å². The molecule has 1 rings (SSSR count). The average Bonchev–Trinajstić information content (AvgIpc) is 2.15. The number of hydrogen-bond acceptors (Lipinski definition) is 3. The van der Waals surface area contributed by atoms with Gasteiger partial charge in [0.15, 0.2) is 5.43 Å². The lowest BCUT2D eigenvalue weighted by Gasteiger charge is -2.08. The van der Waals surface area contributed by atoms with Crippen LogP contribution in [0.15, 0.2) is 10.9 Å². The van der Waals surface area contributed by atoms with Crippen LogP contribution in [0.4, 0.5) is 5.82 Å². The van der Waals surface area contributed by atoms with Gasteiger partial charge in [0.1, 0.15) is 5.82 Å². The van der Waals surface area contributed by atoms with Crippen molar-refractivity contribution in [1.82, 2.24) is 10.3 Å². The summed E-state index contributed by atoms with van der Waals surface area (Å²) in [5, 5.41) is 5.46. The molecular weight excluding hydrogens is 194 g/mol. The second-order valence-corrected chi connectivity index (χ2v) is 3.31. The van der Waals surface area contributed by atoms with Gasteiger partial charge in [0, 0.05) is 37.8 Å². The monoisotopic (exact) mass is 209 g/mol. The summed E-state index contributed by atoms with van der Waals surface area (Å²) in [5.41, 5.74) is 1.27. The molecule has 0 saturated carbocycles. The third-order valence-electron chi connectivity index (χ3n) is 2.13. The predicted molar refractivity (Wildman–Crippen MR) is 58.9 cm³/mol. The molecule has 1 heterocycles. The van der Waals surface area contributed by atoms with E-state index in [0.717, 1.165) is 5.69 Å². The Balaban J connectivity index is 2.98. The van der Waals surface area contributed by atoms with E-state index in [9.17, 15) is 9.59 Å². The molecule has 0 atom stereocenters. The summed E-state index contributed by atoms with van der Waals surface area (Å²) >= 11 is 0. The van der Waals surface area contributed by atoms with Gasteiger partial charge in [-0.1, -0.05) is 0 Å². The molecule has 0 fully saturated rings. The number of rotatable bonds is 3. The van der Waals surface area contributed by atoms with E-state index in [1.54, 1.807) is 14.0 Å². The van der Waals surface area contributed by atoms with Crippen LogP contribution in [-0.2, 0) is 11.3 Å². The van der Waals surface area contributed by atoms with E-state index in [1.807, 2.05) is 0 Å². The molecule has 1 amide bonds. The van der Waals surface area contributed by atoms with Gasteiger partial charge in [-0.2, -0.15) is 0 Å². The van der Waals surface area contributed by atoms with Crippen molar-refractivity contribution in [2.24, 2.45) is 0 Å². The topological polar surface area (TPSA) is 74.0 Å². The number of H-pyrrole nitrogens is 1. The third-order valence-corrected chi connectivity index (χ3v) is 2.13. The number of pyridine rings is 1. The molecule has 5 heteroatoms. The number of aromatic amines is 1. The normalized spacial score (nSPS) is 9.80. The van der Waals surface area contributed by atoms with E-state index in [1.165, 1.54) is 13.0 Å². The van der Waals surface area contributed by atoms with Crippen molar-refractivity contribution >= 4 is 11.7 Å². The van der Waals surface area contributed by atoms with Crippen molar-refractivity contribution in [1.29, 1.82) is 0 Å². The highest BCUT2D eigenvalue weighted by Gasteiger charge is 2.05. The molecule has 82 valence electrons. The first kappa shape index (κ1) is 11.3. The van der Waals surface area contributed by atoms with Crippen molar-refractivity contribution in [2.75, 3.05) is 12.4 Å². The smallest absolute Gasteiger partial charge is 0.217 e. The number of aromatic nitrogens is 1. The van der Waals surface area contributed by atoms with Crippen LogP contribution in [-0.4, -0.2) is 17.9 Å². The molecular formula is C10H15N3O2. The second kappa shape index (κ2) is 4.63. The zero-order valence-corrected chi connectivity index (χ0v) is 9.10. The highest BCUT2D eigenvalue weighted by atomic mass is 16.1. The molecule has 1 aromatic heterocycles. The number of amides is 1. The molecule has 15 heavy (non-hydrogen) atoms. The van der Waals surface area contributed by atoms with Crippen LogP contribution in [0, 0.1) is 6.92 Å². The van der Waals surface area contributed by atoms with E-state index in [0.29, 0.717) is 11.4 Å². The number of nitrogens with one attached hydrogen (secondary N) is 3. The summed E-state index contributed by atoms with van der Waals surface area (Å²) in [6, 6.07) is 1.48. The molecule has 0 bridgehead atoms. The summed E-state index contributed by atoms with van der Waals surface area (Å²) in [4.78, 5) is 25.4. The van der Waals surface area contributed by atoms with Crippen LogP contribution in [0.25, 0.3) is 0 Å². The molecule has 0 unspecified atom stereocenters. The van der Waals surface area contributed by atoms with Crippen LogP contribution in [0.2, 0.25) is 0 Å². The van der Waals surface area contributed by atoms with E-state index in [4.69, 9.17) is 0 Å². The maximum Gasteiger partial charge on any atom is 0.217 e. The van der Waals surface area contributed by atoms with Crippen molar-refractivity contribution in [2.45, 2.75) is 20.4 Å². The molecule has 0 spiro atoms. The van der Waals surface area contributed by atoms with Crippen molar-refractivity contribution < 1.29 is 4.79 Å². The summed E-state index contributed by atoms with van der Waals surface area (Å²) in [6.07, 6.45) is 0. The van der Waals surface area contributed by atoms with Gasteiger partial charge in [-0.05, 0) is 6.92 Å². The minimum atomic E-state index is -0.147. The lowest BCUT2D eigenvalue weighted by atomic mass is 10.2. The van der Waals surface area contributed by atoms with Crippen LogP contribution >= 0.6 is 0 Å². The van der Waals surface area contributed by atoms with Crippen molar-refractivity contribution in [3.05, 3.63) is 27.5 Å². The minimum Gasteiger partial charge on any atom is -0.375 e. The Bertz CT molecular complexity index is 423. The molecule has 0 aliphatic carbocycles. The van der Waals surface area contributed by atoms with Crippen LogP contribution in [0.3, 0.4) is 0 Å². The standard InChI is InChI=1S/C10H15N3O2/c1-6-8(5-12-7(2)14)9(15)4-10(11-3)13-6/h4H,5H2,1-3H3,(H,12,14)(H2,11,13,15). The van der Waals surface area contributed by atoms with Gasteiger partial charge in [-0.3, -0.25) is 9.59 Å². The van der Waals surface area contributed by atoms with Crippen molar-refractivity contribution in [3.8, 4) is 0 Å². The fourth-order valence-corrected chi connectivity index (χ4v) is 1.28. The van der Waals surface area contributed by atoms with Gasteiger partial charge in [0.2, 0.25) is 5.91 Å². The van der Waals surface area contributed by atoms with Gasteiger partial charge >= 0.3 is 0 Å². The van der Waals surface area contributed by atoms with E-state index in [2.05, 4.69) is 15.6 Å². The highest BCUT2D eigenvalue weighted by molar-refractivity contribution is 5.72. The van der Waals surface area contributed by atoms with E-state index in [-0.39, 0.29) is 17.9 Å². The zero-order valence-electron chi connectivity index (χ0n) is 9.10.